The molecule has 110 valence electrons. The first kappa shape index (κ1) is 14.4. The normalized spacial score (nSPS) is 12.8. The number of ether oxygens (including phenoxy) is 1. The molecule has 0 saturated heterocycles. The molecule has 1 atom stereocenters. The molecule has 0 N–H and O–H groups in total. The van der Waals surface area contributed by atoms with Gasteiger partial charge in [0.05, 0.1) is 24.5 Å². The summed E-state index contributed by atoms with van der Waals surface area (Å²) in [5, 5.41) is -0.150. The molecule has 0 saturated carbocycles. The molecule has 0 aliphatic rings. The molecule has 0 bridgehead atoms. The number of alkyl halides is 1. The Morgan fingerprint density at radius 3 is 2.76 bits per heavy atom. The van der Waals surface area contributed by atoms with E-state index in [0.29, 0.717) is 0 Å². The molecule has 0 amide bonds. The molecule has 0 radical (unpaired) electrons. The summed E-state index contributed by atoms with van der Waals surface area (Å²) < 4.78 is 7.59. The van der Waals surface area contributed by atoms with Gasteiger partial charge in [0.15, 0.2) is 0 Å². The Balaban J connectivity index is 2.16. The van der Waals surface area contributed by atoms with E-state index in [4.69, 9.17) is 21.3 Å². The zero-order chi connectivity index (χ0) is 15.0. The van der Waals surface area contributed by atoms with Crippen LogP contribution in [0.2, 0.25) is 0 Å². The molecule has 1 unspecified atom stereocenters. The number of fused-ring (bicyclic) bond motifs is 1. The molecule has 0 fully saturated rings. The van der Waals surface area contributed by atoms with Gasteiger partial charge in [0.1, 0.15) is 17.1 Å². The minimum Gasteiger partial charge on any atom is -0.494 e. The fourth-order valence-corrected chi connectivity index (χ4v) is 3.55. The van der Waals surface area contributed by atoms with Crippen LogP contribution in [0.4, 0.5) is 0 Å². The van der Waals surface area contributed by atoms with Crippen molar-refractivity contribution in [3.05, 3.63) is 45.9 Å². The minimum atomic E-state index is -0.150. The van der Waals surface area contributed by atoms with Crippen molar-refractivity contribution in [1.29, 1.82) is 0 Å². The van der Waals surface area contributed by atoms with Crippen LogP contribution in [-0.4, -0.2) is 16.7 Å². The van der Waals surface area contributed by atoms with Crippen molar-refractivity contribution in [1.82, 2.24) is 9.55 Å². The van der Waals surface area contributed by atoms with Gasteiger partial charge < -0.3 is 9.30 Å². The van der Waals surface area contributed by atoms with Crippen LogP contribution in [0.5, 0.6) is 5.75 Å². The van der Waals surface area contributed by atoms with Crippen LogP contribution in [0.3, 0.4) is 0 Å². The van der Waals surface area contributed by atoms with Crippen LogP contribution in [-0.2, 0) is 6.54 Å². The molecule has 0 spiro atoms. The van der Waals surface area contributed by atoms with E-state index in [1.54, 1.807) is 18.4 Å². The molecule has 2 aromatic heterocycles. The maximum absolute atomic E-state index is 6.33. The number of aryl methyl sites for hydroxylation is 1. The van der Waals surface area contributed by atoms with Crippen molar-refractivity contribution < 1.29 is 4.74 Å². The van der Waals surface area contributed by atoms with Crippen molar-refractivity contribution in [2.24, 2.45) is 0 Å². The highest BCUT2D eigenvalue weighted by Crippen LogP contribution is 2.31. The number of hydrogen-bond acceptors (Lipinski definition) is 3. The second-order valence-corrected chi connectivity index (χ2v) is 7.04. The Labute approximate surface area is 133 Å². The van der Waals surface area contributed by atoms with Gasteiger partial charge in [0, 0.05) is 9.75 Å². The number of methoxy groups -OCH3 is 1. The predicted octanol–water partition coefficient (Wildman–Crippen LogP) is 4.76. The van der Waals surface area contributed by atoms with E-state index in [1.165, 1.54) is 9.75 Å². The van der Waals surface area contributed by atoms with Gasteiger partial charge in [-0.05, 0) is 38.1 Å². The number of imidazole rings is 1. The van der Waals surface area contributed by atoms with Gasteiger partial charge in [-0.1, -0.05) is 6.07 Å². The van der Waals surface area contributed by atoms with E-state index >= 15 is 0 Å². The Hall–Kier alpha value is -1.52. The van der Waals surface area contributed by atoms with Gasteiger partial charge in [-0.15, -0.1) is 22.9 Å². The van der Waals surface area contributed by atoms with Crippen LogP contribution in [0.1, 0.15) is 27.9 Å². The lowest BCUT2D eigenvalue weighted by atomic mass is 10.3. The third-order valence-electron chi connectivity index (χ3n) is 3.46. The molecular weight excluding hydrogens is 304 g/mol. The number of hydrogen-bond donors (Lipinski definition) is 0. The molecule has 5 heteroatoms. The number of nitrogens with zero attached hydrogens (tertiary/aromatic N) is 2. The summed E-state index contributed by atoms with van der Waals surface area (Å²) in [4.78, 5) is 7.31. The van der Waals surface area contributed by atoms with E-state index in [0.717, 1.165) is 29.2 Å². The Morgan fingerprint density at radius 1 is 1.33 bits per heavy atom. The first-order valence-corrected chi connectivity index (χ1v) is 8.08. The standard InChI is InChI=1S/C16H17ClN2OS/c1-10-7-8-12(21-10)9-19-13-5-4-6-14(20-3)15(13)18-16(19)11(2)17/h4-8,11H,9H2,1-3H3. The zero-order valence-electron chi connectivity index (χ0n) is 12.3. The van der Waals surface area contributed by atoms with Gasteiger partial charge in [-0.2, -0.15) is 0 Å². The highest BCUT2D eigenvalue weighted by Gasteiger charge is 2.17. The van der Waals surface area contributed by atoms with E-state index in [9.17, 15) is 0 Å². The molecule has 1 aromatic carbocycles. The summed E-state index contributed by atoms with van der Waals surface area (Å²) >= 11 is 8.13. The lowest BCUT2D eigenvalue weighted by Gasteiger charge is -2.09. The van der Waals surface area contributed by atoms with Crippen LogP contribution in [0, 0.1) is 6.92 Å². The predicted molar refractivity (Wildman–Crippen MR) is 88.7 cm³/mol. The molecule has 3 nitrogen and oxygen atoms in total. The average molecular weight is 321 g/mol. The van der Waals surface area contributed by atoms with Gasteiger partial charge in [-0.3, -0.25) is 0 Å². The summed E-state index contributed by atoms with van der Waals surface area (Å²) in [5.74, 6) is 1.66. The Bertz CT molecular complexity index is 776. The Kier molecular flexibility index (Phi) is 3.91. The van der Waals surface area contributed by atoms with Crippen molar-refractivity contribution in [2.45, 2.75) is 25.8 Å². The quantitative estimate of drug-likeness (QED) is 0.648. The van der Waals surface area contributed by atoms with E-state index in [2.05, 4.69) is 29.7 Å². The topological polar surface area (TPSA) is 27.1 Å². The highest BCUT2D eigenvalue weighted by molar-refractivity contribution is 7.11. The number of aromatic nitrogens is 2. The zero-order valence-corrected chi connectivity index (χ0v) is 13.8. The monoisotopic (exact) mass is 320 g/mol. The third-order valence-corrected chi connectivity index (χ3v) is 4.64. The average Bonchev–Trinajstić information content (AvgIpc) is 3.03. The summed E-state index contributed by atoms with van der Waals surface area (Å²) in [6.45, 7) is 4.86. The number of halogens is 1. The SMILES string of the molecule is COc1cccc2c1nc(C(C)Cl)n2Cc1ccc(C)s1. The molecule has 0 aliphatic heterocycles. The molecule has 2 heterocycles. The second kappa shape index (κ2) is 5.70. The first-order chi connectivity index (χ1) is 10.1. The number of thiophene rings is 1. The lowest BCUT2D eigenvalue weighted by Crippen LogP contribution is -2.04. The van der Waals surface area contributed by atoms with Crippen LogP contribution >= 0.6 is 22.9 Å². The summed E-state index contributed by atoms with van der Waals surface area (Å²) in [5.41, 5.74) is 1.93. The van der Waals surface area contributed by atoms with Gasteiger partial charge in [0.2, 0.25) is 0 Å². The number of benzene rings is 1. The largest absolute Gasteiger partial charge is 0.494 e. The van der Waals surface area contributed by atoms with Crippen molar-refractivity contribution >= 4 is 34.0 Å². The summed E-state index contributed by atoms with van der Waals surface area (Å²) in [6.07, 6.45) is 0. The van der Waals surface area contributed by atoms with Crippen molar-refractivity contribution in [3.8, 4) is 5.75 Å². The smallest absolute Gasteiger partial charge is 0.146 e. The maximum Gasteiger partial charge on any atom is 0.146 e. The molecule has 3 rings (SSSR count). The first-order valence-electron chi connectivity index (χ1n) is 6.82. The van der Waals surface area contributed by atoms with E-state index in [-0.39, 0.29) is 5.38 Å². The number of para-hydroxylation sites is 1. The van der Waals surface area contributed by atoms with Crippen LogP contribution < -0.4 is 4.74 Å². The van der Waals surface area contributed by atoms with E-state index in [1.807, 2.05) is 19.1 Å². The van der Waals surface area contributed by atoms with Crippen LogP contribution in [0.15, 0.2) is 30.3 Å². The molecule has 3 aromatic rings. The molecule has 0 aliphatic carbocycles. The lowest BCUT2D eigenvalue weighted by molar-refractivity contribution is 0.419. The third kappa shape index (κ3) is 2.65. The molecular formula is C16H17ClN2OS. The number of rotatable bonds is 4. The fraction of sp³-hybridized carbons (Fsp3) is 0.312. The van der Waals surface area contributed by atoms with Crippen LogP contribution in [0.25, 0.3) is 11.0 Å². The van der Waals surface area contributed by atoms with Crippen molar-refractivity contribution in [2.75, 3.05) is 7.11 Å². The van der Waals surface area contributed by atoms with Gasteiger partial charge in [-0.25, -0.2) is 4.98 Å². The fourth-order valence-electron chi connectivity index (χ4n) is 2.50. The highest BCUT2D eigenvalue weighted by atomic mass is 35.5. The Morgan fingerprint density at radius 2 is 2.14 bits per heavy atom. The maximum atomic E-state index is 6.33. The summed E-state index contributed by atoms with van der Waals surface area (Å²) in [7, 11) is 1.67. The van der Waals surface area contributed by atoms with Crippen molar-refractivity contribution in [3.63, 3.8) is 0 Å². The van der Waals surface area contributed by atoms with E-state index < -0.39 is 0 Å². The minimum absolute atomic E-state index is 0.150. The van der Waals surface area contributed by atoms with Gasteiger partial charge in [0.25, 0.3) is 0 Å². The summed E-state index contributed by atoms with van der Waals surface area (Å²) in [6, 6.07) is 10.3. The molecule has 21 heavy (non-hydrogen) atoms. The second-order valence-electron chi connectivity index (χ2n) is 5.01. The van der Waals surface area contributed by atoms with Gasteiger partial charge >= 0.3 is 0 Å².